The number of benzene rings is 2. The molecule has 1 amide bonds. The Morgan fingerprint density at radius 1 is 1.22 bits per heavy atom. The van der Waals surface area contributed by atoms with E-state index in [1.807, 2.05) is 30.3 Å². The normalized spacial score (nSPS) is 9.70. The Morgan fingerprint density at radius 2 is 1.96 bits per heavy atom. The van der Waals surface area contributed by atoms with Crippen LogP contribution in [0.3, 0.4) is 0 Å². The smallest absolute Gasteiger partial charge is 0.408 e. The van der Waals surface area contributed by atoms with E-state index in [4.69, 9.17) is 27.9 Å². The number of halogens is 3. The predicted octanol–water partition coefficient (Wildman–Crippen LogP) is 4.41. The highest BCUT2D eigenvalue weighted by atomic mass is 35.5. The van der Waals surface area contributed by atoms with Crippen LogP contribution in [0.25, 0.3) is 0 Å². The zero-order chi connectivity index (χ0) is 16.7. The maximum Gasteiger partial charge on any atom is 0.408 e. The number of amides is 1. The SMILES string of the molecule is O=C(NCC#Cc1cc(Cl)cc(F)c1Cl)OCc1ccccc1. The summed E-state index contributed by atoms with van der Waals surface area (Å²) in [6, 6.07) is 11.8. The summed E-state index contributed by atoms with van der Waals surface area (Å²) in [6.07, 6.45) is -0.591. The predicted molar refractivity (Wildman–Crippen MR) is 87.9 cm³/mol. The Labute approximate surface area is 143 Å². The Morgan fingerprint density at radius 3 is 2.70 bits per heavy atom. The van der Waals surface area contributed by atoms with Gasteiger partial charge in [0.2, 0.25) is 0 Å². The van der Waals surface area contributed by atoms with E-state index in [-0.39, 0.29) is 28.8 Å². The Bertz CT molecular complexity index is 754. The van der Waals surface area contributed by atoms with Gasteiger partial charge < -0.3 is 10.1 Å². The van der Waals surface area contributed by atoms with Gasteiger partial charge in [-0.3, -0.25) is 0 Å². The van der Waals surface area contributed by atoms with Crippen molar-refractivity contribution in [2.24, 2.45) is 0 Å². The Balaban J connectivity index is 1.82. The van der Waals surface area contributed by atoms with Gasteiger partial charge >= 0.3 is 6.09 Å². The average molecular weight is 352 g/mol. The molecule has 0 atom stereocenters. The van der Waals surface area contributed by atoms with Crippen LogP contribution in [0, 0.1) is 17.7 Å². The van der Waals surface area contributed by atoms with Gasteiger partial charge in [0.15, 0.2) is 0 Å². The van der Waals surface area contributed by atoms with Crippen molar-refractivity contribution in [2.45, 2.75) is 6.61 Å². The molecule has 0 bridgehead atoms. The first-order chi connectivity index (χ1) is 11.1. The maximum atomic E-state index is 13.4. The molecule has 0 heterocycles. The van der Waals surface area contributed by atoms with Crippen molar-refractivity contribution in [3.8, 4) is 11.8 Å². The second-order valence-electron chi connectivity index (χ2n) is 4.47. The molecule has 0 aliphatic carbocycles. The van der Waals surface area contributed by atoms with Crippen molar-refractivity contribution in [1.82, 2.24) is 5.32 Å². The molecule has 0 unspecified atom stereocenters. The van der Waals surface area contributed by atoms with Gasteiger partial charge in [0.05, 0.1) is 11.6 Å². The molecule has 1 N–H and O–H groups in total. The van der Waals surface area contributed by atoms with Gasteiger partial charge in [-0.25, -0.2) is 9.18 Å². The Kier molecular flexibility index (Phi) is 6.28. The highest BCUT2D eigenvalue weighted by Gasteiger charge is 2.06. The summed E-state index contributed by atoms with van der Waals surface area (Å²) in [7, 11) is 0. The number of hydrogen-bond donors (Lipinski definition) is 1. The summed E-state index contributed by atoms with van der Waals surface area (Å²) in [5, 5.41) is 2.56. The number of rotatable bonds is 3. The van der Waals surface area contributed by atoms with E-state index < -0.39 is 11.9 Å². The largest absolute Gasteiger partial charge is 0.445 e. The van der Waals surface area contributed by atoms with Gasteiger partial charge in [-0.2, -0.15) is 0 Å². The molecule has 0 spiro atoms. The average Bonchev–Trinajstić information content (AvgIpc) is 2.54. The molecule has 0 radical (unpaired) electrons. The third kappa shape index (κ3) is 5.48. The number of ether oxygens (including phenoxy) is 1. The summed E-state index contributed by atoms with van der Waals surface area (Å²) >= 11 is 11.5. The molecule has 6 heteroatoms. The minimum absolute atomic E-state index is 0.0398. The number of carbonyl (C=O) groups excluding carboxylic acids is 1. The quantitative estimate of drug-likeness (QED) is 0.656. The van der Waals surface area contributed by atoms with Crippen LogP contribution in [0.4, 0.5) is 9.18 Å². The van der Waals surface area contributed by atoms with Crippen LogP contribution in [0.15, 0.2) is 42.5 Å². The Hall–Kier alpha value is -2.22. The summed E-state index contributed by atoms with van der Waals surface area (Å²) in [5.74, 6) is 4.66. The van der Waals surface area contributed by atoms with E-state index in [1.165, 1.54) is 6.07 Å². The lowest BCUT2D eigenvalue weighted by Crippen LogP contribution is -2.24. The molecule has 0 aromatic heterocycles. The number of carbonyl (C=O) groups is 1. The summed E-state index contributed by atoms with van der Waals surface area (Å²) in [5.41, 5.74) is 1.14. The van der Waals surface area contributed by atoms with Gasteiger partial charge in [-0.15, -0.1) is 0 Å². The van der Waals surface area contributed by atoms with Crippen molar-refractivity contribution in [3.63, 3.8) is 0 Å². The summed E-state index contributed by atoms with van der Waals surface area (Å²) in [4.78, 5) is 11.5. The molecule has 3 nitrogen and oxygen atoms in total. The topological polar surface area (TPSA) is 38.3 Å². The van der Waals surface area contributed by atoms with E-state index in [0.29, 0.717) is 0 Å². The summed E-state index contributed by atoms with van der Waals surface area (Å²) in [6.45, 7) is 0.212. The molecule has 0 aliphatic rings. The highest BCUT2D eigenvalue weighted by Crippen LogP contribution is 2.23. The third-order valence-corrected chi connectivity index (χ3v) is 3.35. The zero-order valence-corrected chi connectivity index (χ0v) is 13.4. The van der Waals surface area contributed by atoms with Gasteiger partial charge in [-0.05, 0) is 17.7 Å². The molecule has 0 fully saturated rings. The fourth-order valence-electron chi connectivity index (χ4n) is 1.68. The molecule has 0 saturated heterocycles. The van der Waals surface area contributed by atoms with Crippen LogP contribution in [0.1, 0.15) is 11.1 Å². The van der Waals surface area contributed by atoms with Gasteiger partial charge in [-0.1, -0.05) is 65.4 Å². The van der Waals surface area contributed by atoms with Gasteiger partial charge in [0.1, 0.15) is 12.4 Å². The zero-order valence-electron chi connectivity index (χ0n) is 11.9. The van der Waals surface area contributed by atoms with Crippen LogP contribution in [-0.2, 0) is 11.3 Å². The molecular weight excluding hydrogens is 340 g/mol. The molecule has 0 aliphatic heterocycles. The third-order valence-electron chi connectivity index (χ3n) is 2.75. The van der Waals surface area contributed by atoms with Gasteiger partial charge in [0, 0.05) is 10.6 Å². The first kappa shape index (κ1) is 17.1. The van der Waals surface area contributed by atoms with E-state index in [9.17, 15) is 9.18 Å². The van der Waals surface area contributed by atoms with E-state index >= 15 is 0 Å². The van der Waals surface area contributed by atoms with Crippen LogP contribution in [-0.4, -0.2) is 12.6 Å². The standard InChI is InChI=1S/C17H12Cl2FNO2/c18-14-9-13(16(19)15(20)10-14)7-4-8-21-17(22)23-11-12-5-2-1-3-6-12/h1-3,5-6,9-10H,8,11H2,(H,21,22). The van der Waals surface area contributed by atoms with Crippen molar-refractivity contribution in [1.29, 1.82) is 0 Å². The lowest BCUT2D eigenvalue weighted by Gasteiger charge is -2.04. The lowest BCUT2D eigenvalue weighted by atomic mass is 10.2. The lowest BCUT2D eigenvalue weighted by molar-refractivity contribution is 0.141. The minimum Gasteiger partial charge on any atom is -0.445 e. The fraction of sp³-hybridized carbons (Fsp3) is 0.118. The second kappa shape index (κ2) is 8.42. The monoisotopic (exact) mass is 351 g/mol. The van der Waals surface area contributed by atoms with Crippen LogP contribution >= 0.6 is 23.2 Å². The van der Waals surface area contributed by atoms with Gasteiger partial charge in [0.25, 0.3) is 0 Å². The number of alkyl carbamates (subject to hydrolysis) is 1. The highest BCUT2D eigenvalue weighted by molar-refractivity contribution is 6.34. The minimum atomic E-state index is -0.640. The van der Waals surface area contributed by atoms with Crippen LogP contribution in [0.2, 0.25) is 10.0 Å². The van der Waals surface area contributed by atoms with Crippen LogP contribution in [0.5, 0.6) is 0 Å². The van der Waals surface area contributed by atoms with Crippen molar-refractivity contribution >= 4 is 29.3 Å². The van der Waals surface area contributed by atoms with E-state index in [1.54, 1.807) is 0 Å². The molecule has 118 valence electrons. The molecule has 23 heavy (non-hydrogen) atoms. The molecular formula is C17H12Cl2FNO2. The molecule has 2 aromatic rings. The fourth-order valence-corrected chi connectivity index (χ4v) is 2.04. The first-order valence-electron chi connectivity index (χ1n) is 6.64. The molecule has 0 saturated carbocycles. The van der Waals surface area contributed by atoms with E-state index in [2.05, 4.69) is 17.2 Å². The maximum absolute atomic E-state index is 13.4. The van der Waals surface area contributed by atoms with Crippen molar-refractivity contribution in [3.05, 3.63) is 69.5 Å². The number of nitrogens with one attached hydrogen (secondary N) is 1. The van der Waals surface area contributed by atoms with Crippen molar-refractivity contribution in [2.75, 3.05) is 6.54 Å². The van der Waals surface area contributed by atoms with E-state index in [0.717, 1.165) is 11.6 Å². The van der Waals surface area contributed by atoms with Crippen molar-refractivity contribution < 1.29 is 13.9 Å². The second-order valence-corrected chi connectivity index (χ2v) is 5.28. The number of hydrogen-bond acceptors (Lipinski definition) is 2. The summed E-state index contributed by atoms with van der Waals surface area (Å²) < 4.78 is 18.4. The molecule has 2 aromatic carbocycles. The molecule has 2 rings (SSSR count). The van der Waals surface area contributed by atoms with Crippen LogP contribution < -0.4 is 5.32 Å². The first-order valence-corrected chi connectivity index (χ1v) is 7.40.